The monoisotopic (exact) mass is 243 g/mol. The number of nitrogens with one attached hydrogen (secondary N) is 1. The Labute approximate surface area is 99.0 Å². The normalized spacial score (nSPS) is 22.8. The lowest BCUT2D eigenvalue weighted by Crippen LogP contribution is -2.17. The summed E-state index contributed by atoms with van der Waals surface area (Å²) < 4.78 is 38.8. The van der Waals surface area contributed by atoms with Gasteiger partial charge < -0.3 is 5.32 Å². The maximum absolute atomic E-state index is 13.0. The van der Waals surface area contributed by atoms with Gasteiger partial charge in [0, 0.05) is 23.9 Å². The van der Waals surface area contributed by atoms with Crippen LogP contribution in [0.5, 0.6) is 0 Å². The summed E-state index contributed by atoms with van der Waals surface area (Å²) in [6.07, 6.45) is 3.00. The van der Waals surface area contributed by atoms with Crippen LogP contribution in [-0.4, -0.2) is 6.04 Å². The van der Waals surface area contributed by atoms with Crippen LogP contribution in [0.2, 0.25) is 0 Å². The Bertz CT molecular complexity index is 406. The molecule has 0 radical (unpaired) electrons. The standard InChI is InChI=1S/C13H16F3N/c1-13(2)4-3-8(7-13)17-9-5-10(14)12(16)11(15)6-9/h5-6,8,17H,3-4,7H2,1-2H3. The van der Waals surface area contributed by atoms with Crippen LogP contribution in [-0.2, 0) is 0 Å². The molecule has 1 aliphatic carbocycles. The Morgan fingerprint density at radius 2 is 1.76 bits per heavy atom. The Hall–Kier alpha value is -1.19. The van der Waals surface area contributed by atoms with Gasteiger partial charge >= 0.3 is 0 Å². The van der Waals surface area contributed by atoms with Crippen LogP contribution >= 0.6 is 0 Å². The van der Waals surface area contributed by atoms with Gasteiger partial charge in [-0.2, -0.15) is 0 Å². The van der Waals surface area contributed by atoms with Gasteiger partial charge in [0.25, 0.3) is 0 Å². The molecule has 0 spiro atoms. The van der Waals surface area contributed by atoms with Gasteiger partial charge in [-0.15, -0.1) is 0 Å². The van der Waals surface area contributed by atoms with Crippen LogP contribution in [0.25, 0.3) is 0 Å². The molecule has 1 N–H and O–H groups in total. The molecular formula is C13H16F3N. The van der Waals surface area contributed by atoms with Gasteiger partial charge in [-0.3, -0.25) is 0 Å². The molecule has 4 heteroatoms. The van der Waals surface area contributed by atoms with Gasteiger partial charge in [-0.1, -0.05) is 13.8 Å². The van der Waals surface area contributed by atoms with E-state index in [1.807, 2.05) is 0 Å². The SMILES string of the molecule is CC1(C)CCC(Nc2cc(F)c(F)c(F)c2)C1. The van der Waals surface area contributed by atoms with Crippen molar-refractivity contribution in [1.29, 1.82) is 0 Å². The summed E-state index contributed by atoms with van der Waals surface area (Å²) in [6.45, 7) is 4.33. The van der Waals surface area contributed by atoms with Crippen LogP contribution in [0.1, 0.15) is 33.1 Å². The third kappa shape index (κ3) is 2.73. The second-order valence-corrected chi connectivity index (χ2v) is 5.50. The van der Waals surface area contributed by atoms with Crippen LogP contribution in [0.4, 0.5) is 18.9 Å². The predicted octanol–water partition coefficient (Wildman–Crippen LogP) is 4.09. The summed E-state index contributed by atoms with van der Waals surface area (Å²) in [4.78, 5) is 0. The van der Waals surface area contributed by atoms with Crippen molar-refractivity contribution in [2.45, 2.75) is 39.2 Å². The molecule has 0 aromatic heterocycles. The minimum atomic E-state index is -1.41. The second-order valence-electron chi connectivity index (χ2n) is 5.50. The number of rotatable bonds is 2. The van der Waals surface area contributed by atoms with Crippen LogP contribution in [0.3, 0.4) is 0 Å². The first-order valence-corrected chi connectivity index (χ1v) is 5.78. The lowest BCUT2D eigenvalue weighted by Gasteiger charge is -2.18. The zero-order valence-corrected chi connectivity index (χ0v) is 9.99. The molecule has 0 bridgehead atoms. The first-order chi connectivity index (χ1) is 7.87. The lowest BCUT2D eigenvalue weighted by atomic mass is 9.92. The van der Waals surface area contributed by atoms with E-state index in [0.29, 0.717) is 5.69 Å². The smallest absolute Gasteiger partial charge is 0.194 e. The Morgan fingerprint density at radius 1 is 1.18 bits per heavy atom. The fourth-order valence-corrected chi connectivity index (χ4v) is 2.43. The van der Waals surface area contributed by atoms with Gasteiger partial charge in [0.05, 0.1) is 0 Å². The highest BCUT2D eigenvalue weighted by Gasteiger charge is 2.30. The lowest BCUT2D eigenvalue weighted by molar-refractivity contribution is 0.378. The van der Waals surface area contributed by atoms with Crippen molar-refractivity contribution in [3.63, 3.8) is 0 Å². The van der Waals surface area contributed by atoms with Crippen molar-refractivity contribution in [1.82, 2.24) is 0 Å². The second kappa shape index (κ2) is 4.24. The van der Waals surface area contributed by atoms with E-state index in [2.05, 4.69) is 19.2 Å². The molecular weight excluding hydrogens is 227 g/mol. The number of anilines is 1. The molecule has 94 valence electrons. The van der Waals surface area contributed by atoms with Gasteiger partial charge in [-0.25, -0.2) is 13.2 Å². The van der Waals surface area contributed by atoms with Crippen molar-refractivity contribution >= 4 is 5.69 Å². The highest BCUT2D eigenvalue weighted by Crippen LogP contribution is 2.38. The molecule has 1 aromatic rings. The summed E-state index contributed by atoms with van der Waals surface area (Å²) >= 11 is 0. The van der Waals surface area contributed by atoms with E-state index in [1.165, 1.54) is 0 Å². The summed E-state index contributed by atoms with van der Waals surface area (Å²) in [5.41, 5.74) is 0.568. The zero-order chi connectivity index (χ0) is 12.6. The fourth-order valence-electron chi connectivity index (χ4n) is 2.43. The van der Waals surface area contributed by atoms with Crippen molar-refractivity contribution in [2.24, 2.45) is 5.41 Å². The summed E-state index contributed by atoms with van der Waals surface area (Å²) in [5, 5.41) is 3.06. The highest BCUT2D eigenvalue weighted by atomic mass is 19.2. The minimum absolute atomic E-state index is 0.203. The van der Waals surface area contributed by atoms with E-state index in [4.69, 9.17) is 0 Å². The summed E-state index contributed by atoms with van der Waals surface area (Å²) in [7, 11) is 0. The molecule has 1 saturated carbocycles. The average Bonchev–Trinajstić information content (AvgIpc) is 2.54. The third-order valence-corrected chi connectivity index (χ3v) is 3.32. The zero-order valence-electron chi connectivity index (χ0n) is 9.99. The van der Waals surface area contributed by atoms with E-state index < -0.39 is 17.5 Å². The molecule has 0 aliphatic heterocycles. The molecule has 1 atom stereocenters. The molecule has 0 amide bonds. The van der Waals surface area contributed by atoms with Crippen LogP contribution < -0.4 is 5.32 Å². The maximum Gasteiger partial charge on any atom is 0.194 e. The van der Waals surface area contributed by atoms with Crippen molar-refractivity contribution < 1.29 is 13.2 Å². The highest BCUT2D eigenvalue weighted by molar-refractivity contribution is 5.45. The van der Waals surface area contributed by atoms with Crippen LogP contribution in [0, 0.1) is 22.9 Å². The first-order valence-electron chi connectivity index (χ1n) is 5.78. The molecule has 2 rings (SSSR count). The Kier molecular flexibility index (Phi) is 3.06. The molecule has 0 heterocycles. The van der Waals surface area contributed by atoms with Crippen molar-refractivity contribution in [3.05, 3.63) is 29.6 Å². The summed E-state index contributed by atoms with van der Waals surface area (Å²) in [5.74, 6) is -3.71. The van der Waals surface area contributed by atoms with Gasteiger partial charge in [0.15, 0.2) is 17.5 Å². The molecule has 1 nitrogen and oxygen atoms in total. The Balaban J connectivity index is 2.10. The number of hydrogen-bond acceptors (Lipinski definition) is 1. The fraction of sp³-hybridized carbons (Fsp3) is 0.538. The molecule has 17 heavy (non-hydrogen) atoms. The average molecular weight is 243 g/mol. The van der Waals surface area contributed by atoms with Crippen molar-refractivity contribution in [2.75, 3.05) is 5.32 Å². The van der Waals surface area contributed by atoms with Gasteiger partial charge in [0.1, 0.15) is 0 Å². The number of hydrogen-bond donors (Lipinski definition) is 1. The summed E-state index contributed by atoms with van der Waals surface area (Å²) in [6, 6.07) is 2.21. The van der Waals surface area contributed by atoms with Crippen LogP contribution in [0.15, 0.2) is 12.1 Å². The molecule has 1 fully saturated rings. The van der Waals surface area contributed by atoms with E-state index in [-0.39, 0.29) is 11.5 Å². The van der Waals surface area contributed by atoms with Gasteiger partial charge in [0.2, 0.25) is 0 Å². The van der Waals surface area contributed by atoms with E-state index in [9.17, 15) is 13.2 Å². The molecule has 1 aliphatic rings. The quantitative estimate of drug-likeness (QED) is 0.771. The number of halogens is 3. The molecule has 0 saturated heterocycles. The van der Waals surface area contributed by atoms with E-state index in [1.54, 1.807) is 0 Å². The Morgan fingerprint density at radius 3 is 2.24 bits per heavy atom. The number of benzene rings is 1. The third-order valence-electron chi connectivity index (χ3n) is 3.32. The maximum atomic E-state index is 13.0. The van der Waals surface area contributed by atoms with Gasteiger partial charge in [-0.05, 0) is 24.7 Å². The largest absolute Gasteiger partial charge is 0.382 e. The van der Waals surface area contributed by atoms with Crippen molar-refractivity contribution in [3.8, 4) is 0 Å². The molecule has 1 aromatic carbocycles. The molecule has 1 unspecified atom stereocenters. The topological polar surface area (TPSA) is 12.0 Å². The van der Waals surface area contributed by atoms with E-state index in [0.717, 1.165) is 31.4 Å². The first kappa shape index (κ1) is 12.3. The van der Waals surface area contributed by atoms with E-state index >= 15 is 0 Å². The minimum Gasteiger partial charge on any atom is -0.382 e. The predicted molar refractivity (Wildman–Crippen MR) is 61.4 cm³/mol.